The number of phenolic OH excluding ortho intramolecular Hbond substituents is 1. The number of nitrogens with one attached hydrogen (secondary N) is 1. The molecule has 0 spiro atoms. The van der Waals surface area contributed by atoms with E-state index in [1.807, 2.05) is 0 Å². The maximum Gasteiger partial charge on any atom is 0.292 e. The van der Waals surface area contributed by atoms with Crippen LogP contribution in [-0.4, -0.2) is 73.7 Å². The lowest BCUT2D eigenvalue weighted by Crippen LogP contribution is -2.36. The molecular weight excluding hydrogens is 554 g/mol. The van der Waals surface area contributed by atoms with Crippen LogP contribution in [0.15, 0.2) is 30.8 Å². The van der Waals surface area contributed by atoms with Gasteiger partial charge in [0.2, 0.25) is 11.6 Å². The van der Waals surface area contributed by atoms with Crippen molar-refractivity contribution in [3.63, 3.8) is 0 Å². The molecule has 1 aromatic carbocycles. The van der Waals surface area contributed by atoms with Crippen LogP contribution in [0.25, 0.3) is 5.82 Å². The molecule has 13 nitrogen and oxygen atoms in total. The molecular formula is C17H17Br2N9O4. The number of ether oxygens (including phenoxy) is 1. The Labute approximate surface area is 197 Å². The van der Waals surface area contributed by atoms with Crippen LogP contribution < -0.4 is 11.2 Å². The third kappa shape index (κ3) is 4.79. The van der Waals surface area contributed by atoms with E-state index in [2.05, 4.69) is 72.5 Å². The minimum absolute atomic E-state index is 0.0378. The van der Waals surface area contributed by atoms with Crippen molar-refractivity contribution in [1.29, 1.82) is 0 Å². The van der Waals surface area contributed by atoms with Crippen LogP contribution in [0.3, 0.4) is 0 Å². The van der Waals surface area contributed by atoms with Crippen LogP contribution in [-0.2, 0) is 11.3 Å². The molecule has 32 heavy (non-hydrogen) atoms. The molecule has 0 radical (unpaired) electrons. The van der Waals surface area contributed by atoms with Crippen molar-refractivity contribution in [3.05, 3.63) is 38.0 Å². The van der Waals surface area contributed by atoms with Crippen molar-refractivity contribution in [1.82, 2.24) is 35.6 Å². The van der Waals surface area contributed by atoms with Crippen molar-refractivity contribution >= 4 is 49.8 Å². The number of benzene rings is 1. The molecule has 1 aliphatic rings. The number of aromatic nitrogens is 5. The van der Waals surface area contributed by atoms with E-state index in [1.165, 1.54) is 10.9 Å². The predicted molar refractivity (Wildman–Crippen MR) is 118 cm³/mol. The number of hydrogen-bond donors (Lipinski definition) is 3. The zero-order chi connectivity index (χ0) is 22.7. The van der Waals surface area contributed by atoms with E-state index >= 15 is 0 Å². The van der Waals surface area contributed by atoms with Gasteiger partial charge in [0, 0.05) is 19.6 Å². The molecule has 3 aromatic rings. The highest BCUT2D eigenvalue weighted by Crippen LogP contribution is 2.32. The standard InChI is InChI=1S/C17H17Br2N9O4/c18-10-5-9(6-11(19)14(10)29)7-21-23-17(30)13-12(8-27-1-3-31-4-2-27)22-26-28(13)16-15(20)24-32-25-16/h5-7,29H,1-4,8H2,(H2,20,24)(H,23,30)/b21-7-. The monoisotopic (exact) mass is 569 g/mol. The summed E-state index contributed by atoms with van der Waals surface area (Å²) in [4.78, 5) is 15.1. The van der Waals surface area contributed by atoms with Crippen LogP contribution in [0, 0.1) is 0 Å². The summed E-state index contributed by atoms with van der Waals surface area (Å²) < 4.78 is 12.1. The van der Waals surface area contributed by atoms with Gasteiger partial charge >= 0.3 is 0 Å². The lowest BCUT2D eigenvalue weighted by atomic mass is 10.2. The molecule has 0 saturated carbocycles. The van der Waals surface area contributed by atoms with Crippen LogP contribution >= 0.6 is 31.9 Å². The summed E-state index contributed by atoms with van der Waals surface area (Å²) in [5.41, 5.74) is 9.38. The number of hydrogen-bond acceptors (Lipinski definition) is 11. The highest BCUT2D eigenvalue weighted by atomic mass is 79.9. The molecule has 2 aromatic heterocycles. The first-order chi connectivity index (χ1) is 15.4. The van der Waals surface area contributed by atoms with Crippen LogP contribution in [0.4, 0.5) is 5.82 Å². The number of anilines is 1. The van der Waals surface area contributed by atoms with Gasteiger partial charge in [-0.1, -0.05) is 5.21 Å². The van der Waals surface area contributed by atoms with E-state index in [1.54, 1.807) is 12.1 Å². The molecule has 1 amide bonds. The summed E-state index contributed by atoms with van der Waals surface area (Å²) in [7, 11) is 0. The second-order valence-electron chi connectivity index (χ2n) is 6.69. The van der Waals surface area contributed by atoms with E-state index in [9.17, 15) is 9.90 Å². The summed E-state index contributed by atoms with van der Waals surface area (Å²) in [6.07, 6.45) is 1.43. The van der Waals surface area contributed by atoms with E-state index in [-0.39, 0.29) is 23.1 Å². The molecule has 1 fully saturated rings. The first kappa shape index (κ1) is 22.3. The van der Waals surface area contributed by atoms with Crippen molar-refractivity contribution in [3.8, 4) is 11.6 Å². The first-order valence-electron chi connectivity index (χ1n) is 9.28. The lowest BCUT2D eigenvalue weighted by Gasteiger charge is -2.25. The number of nitrogen functional groups attached to an aromatic ring is 1. The first-order valence-corrected chi connectivity index (χ1v) is 10.9. The number of morpholine rings is 1. The van der Waals surface area contributed by atoms with Gasteiger partial charge in [0.1, 0.15) is 11.4 Å². The molecule has 0 bridgehead atoms. The molecule has 168 valence electrons. The van der Waals surface area contributed by atoms with Gasteiger partial charge in [0.25, 0.3) is 5.91 Å². The number of nitrogens with zero attached hydrogens (tertiary/aromatic N) is 7. The Hall–Kier alpha value is -2.88. The number of rotatable bonds is 6. The minimum atomic E-state index is -0.575. The third-order valence-electron chi connectivity index (χ3n) is 4.55. The Kier molecular flexibility index (Phi) is 6.78. The molecule has 3 heterocycles. The van der Waals surface area contributed by atoms with E-state index in [0.717, 1.165) is 0 Å². The van der Waals surface area contributed by atoms with Gasteiger partial charge in [-0.15, -0.1) is 5.10 Å². The van der Waals surface area contributed by atoms with Gasteiger partial charge in [-0.3, -0.25) is 9.69 Å². The molecule has 1 aliphatic heterocycles. The van der Waals surface area contributed by atoms with Crippen molar-refractivity contribution in [2.75, 3.05) is 32.0 Å². The van der Waals surface area contributed by atoms with E-state index in [4.69, 9.17) is 10.5 Å². The highest BCUT2D eigenvalue weighted by molar-refractivity contribution is 9.11. The molecule has 0 atom stereocenters. The van der Waals surface area contributed by atoms with Crippen LogP contribution in [0.5, 0.6) is 5.75 Å². The topological polar surface area (TPSA) is 170 Å². The Morgan fingerprint density at radius 3 is 2.66 bits per heavy atom. The largest absolute Gasteiger partial charge is 0.506 e. The van der Waals surface area contributed by atoms with Crippen molar-refractivity contribution < 1.29 is 19.3 Å². The third-order valence-corrected chi connectivity index (χ3v) is 5.76. The quantitative estimate of drug-likeness (QED) is 0.287. The second-order valence-corrected chi connectivity index (χ2v) is 8.40. The smallest absolute Gasteiger partial charge is 0.292 e. The summed E-state index contributed by atoms with van der Waals surface area (Å²) in [5.74, 6) is -0.503. The Bertz CT molecular complexity index is 1130. The maximum atomic E-state index is 13.0. The van der Waals surface area contributed by atoms with Gasteiger partial charge in [0.15, 0.2) is 5.69 Å². The Morgan fingerprint density at radius 2 is 2.00 bits per heavy atom. The number of halogens is 2. The summed E-state index contributed by atoms with van der Waals surface area (Å²) >= 11 is 6.50. The van der Waals surface area contributed by atoms with Gasteiger partial charge in [-0.25, -0.2) is 10.1 Å². The molecule has 4 rings (SSSR count). The Balaban J connectivity index is 1.59. The molecule has 0 unspecified atom stereocenters. The SMILES string of the molecule is Nc1nonc1-n1nnc(CN2CCOCC2)c1C(=O)N/N=C\c1cc(Br)c(O)c(Br)c1. The van der Waals surface area contributed by atoms with Crippen LogP contribution in [0.2, 0.25) is 0 Å². The number of aromatic hydroxyl groups is 1. The average molecular weight is 571 g/mol. The zero-order valence-corrected chi connectivity index (χ0v) is 19.6. The van der Waals surface area contributed by atoms with Crippen LogP contribution in [0.1, 0.15) is 21.7 Å². The average Bonchev–Trinajstić information content (AvgIpc) is 3.38. The van der Waals surface area contributed by atoms with Crippen molar-refractivity contribution in [2.45, 2.75) is 6.54 Å². The lowest BCUT2D eigenvalue weighted by molar-refractivity contribution is 0.0335. The van der Waals surface area contributed by atoms with Gasteiger partial charge in [0.05, 0.1) is 28.4 Å². The fourth-order valence-electron chi connectivity index (χ4n) is 2.98. The van der Waals surface area contributed by atoms with Crippen molar-refractivity contribution in [2.24, 2.45) is 5.10 Å². The molecule has 0 aliphatic carbocycles. The normalized spacial score (nSPS) is 14.8. The van der Waals surface area contributed by atoms with E-state index < -0.39 is 5.91 Å². The minimum Gasteiger partial charge on any atom is -0.506 e. The number of hydrazone groups is 1. The molecule has 4 N–H and O–H groups in total. The highest BCUT2D eigenvalue weighted by Gasteiger charge is 2.26. The summed E-state index contributed by atoms with van der Waals surface area (Å²) in [5, 5.41) is 29.2. The predicted octanol–water partition coefficient (Wildman–Crippen LogP) is 1.06. The number of carbonyl (C=O) groups is 1. The second kappa shape index (κ2) is 9.72. The van der Waals surface area contributed by atoms with Gasteiger partial charge in [-0.2, -0.15) is 9.78 Å². The number of phenols is 1. The Morgan fingerprint density at radius 1 is 1.28 bits per heavy atom. The van der Waals surface area contributed by atoms with E-state index in [0.29, 0.717) is 53.1 Å². The number of nitrogens with two attached hydrogens (primary N) is 1. The molecule has 15 heteroatoms. The summed E-state index contributed by atoms with van der Waals surface area (Å²) in [6, 6.07) is 3.29. The van der Waals surface area contributed by atoms with Gasteiger partial charge < -0.3 is 15.6 Å². The fraction of sp³-hybridized carbons (Fsp3) is 0.294. The maximum absolute atomic E-state index is 13.0. The number of carbonyl (C=O) groups excluding carboxylic acids is 1. The fourth-order valence-corrected chi connectivity index (χ4v) is 4.20. The summed E-state index contributed by atoms with van der Waals surface area (Å²) in [6.45, 7) is 2.96. The number of amides is 1. The zero-order valence-electron chi connectivity index (χ0n) is 16.4. The molecule has 1 saturated heterocycles. The van der Waals surface area contributed by atoms with Gasteiger partial charge in [-0.05, 0) is 59.9 Å².